The summed E-state index contributed by atoms with van der Waals surface area (Å²) in [7, 11) is 0. The predicted octanol–water partition coefficient (Wildman–Crippen LogP) is 2.08. The highest BCUT2D eigenvalue weighted by atomic mass is 15.2. The Labute approximate surface area is 96.9 Å². The number of nitrogens with zero attached hydrogens (tertiary/aromatic N) is 3. The highest BCUT2D eigenvalue weighted by Crippen LogP contribution is 2.27. The van der Waals surface area contributed by atoms with Crippen molar-refractivity contribution in [1.29, 1.82) is 0 Å². The lowest BCUT2D eigenvalue weighted by Gasteiger charge is -2.33. The standard InChI is InChI=1S/C12H20N4/c1-2-3-10-4-6-16(7-5-10)12-11(13)8-14-9-15-12/h8-10H,2-7,13H2,1H3. The van der Waals surface area contributed by atoms with Gasteiger partial charge in [0.15, 0.2) is 5.82 Å². The lowest BCUT2D eigenvalue weighted by atomic mass is 9.92. The Morgan fingerprint density at radius 1 is 1.44 bits per heavy atom. The number of rotatable bonds is 3. The monoisotopic (exact) mass is 220 g/mol. The van der Waals surface area contributed by atoms with E-state index in [9.17, 15) is 0 Å². The molecule has 0 aromatic carbocycles. The molecule has 4 nitrogen and oxygen atoms in total. The van der Waals surface area contributed by atoms with Crippen LogP contribution >= 0.6 is 0 Å². The number of hydrogen-bond acceptors (Lipinski definition) is 4. The summed E-state index contributed by atoms with van der Waals surface area (Å²) in [5, 5.41) is 0. The molecule has 0 aliphatic carbocycles. The number of nitrogen functional groups attached to an aromatic ring is 1. The second-order valence-corrected chi connectivity index (χ2v) is 4.52. The van der Waals surface area contributed by atoms with Crippen LogP contribution in [0.4, 0.5) is 11.5 Å². The van der Waals surface area contributed by atoms with Crippen LogP contribution < -0.4 is 10.6 Å². The molecule has 0 saturated carbocycles. The summed E-state index contributed by atoms with van der Waals surface area (Å²) in [6, 6.07) is 0. The van der Waals surface area contributed by atoms with Gasteiger partial charge in [-0.3, -0.25) is 0 Å². The Morgan fingerprint density at radius 3 is 2.81 bits per heavy atom. The second kappa shape index (κ2) is 5.14. The van der Waals surface area contributed by atoms with Gasteiger partial charge in [-0.2, -0.15) is 0 Å². The minimum atomic E-state index is 0.691. The van der Waals surface area contributed by atoms with E-state index >= 15 is 0 Å². The zero-order valence-corrected chi connectivity index (χ0v) is 9.89. The Bertz CT molecular complexity index is 332. The van der Waals surface area contributed by atoms with Crippen molar-refractivity contribution < 1.29 is 0 Å². The Kier molecular flexibility index (Phi) is 3.59. The van der Waals surface area contributed by atoms with Gasteiger partial charge in [0.05, 0.1) is 11.9 Å². The van der Waals surface area contributed by atoms with Gasteiger partial charge in [0.2, 0.25) is 0 Å². The third kappa shape index (κ3) is 2.43. The molecule has 0 spiro atoms. The maximum absolute atomic E-state index is 5.88. The maximum Gasteiger partial charge on any atom is 0.155 e. The van der Waals surface area contributed by atoms with Crippen molar-refractivity contribution in [2.45, 2.75) is 32.6 Å². The van der Waals surface area contributed by atoms with Gasteiger partial charge in [0, 0.05) is 13.1 Å². The first-order valence-electron chi connectivity index (χ1n) is 6.11. The zero-order valence-electron chi connectivity index (χ0n) is 9.89. The Hall–Kier alpha value is -1.32. The first kappa shape index (κ1) is 11.2. The predicted molar refractivity (Wildman–Crippen MR) is 66.3 cm³/mol. The van der Waals surface area contributed by atoms with Crippen molar-refractivity contribution in [1.82, 2.24) is 9.97 Å². The Balaban J connectivity index is 1.96. The maximum atomic E-state index is 5.88. The molecular weight excluding hydrogens is 200 g/mol. The van der Waals surface area contributed by atoms with Crippen LogP contribution in [0.2, 0.25) is 0 Å². The molecule has 0 amide bonds. The first-order chi connectivity index (χ1) is 7.81. The summed E-state index contributed by atoms with van der Waals surface area (Å²) < 4.78 is 0. The quantitative estimate of drug-likeness (QED) is 0.847. The van der Waals surface area contributed by atoms with Crippen LogP contribution in [0.5, 0.6) is 0 Å². The normalized spacial score (nSPS) is 17.7. The highest BCUT2D eigenvalue weighted by Gasteiger charge is 2.20. The van der Waals surface area contributed by atoms with E-state index in [-0.39, 0.29) is 0 Å². The van der Waals surface area contributed by atoms with Gasteiger partial charge in [-0.15, -0.1) is 0 Å². The number of aromatic nitrogens is 2. The number of hydrogen-bond donors (Lipinski definition) is 1. The molecule has 0 radical (unpaired) electrons. The summed E-state index contributed by atoms with van der Waals surface area (Å²) in [6.07, 6.45) is 8.42. The van der Waals surface area contributed by atoms with Crippen LogP contribution in [0.25, 0.3) is 0 Å². The van der Waals surface area contributed by atoms with Crippen LogP contribution in [0.1, 0.15) is 32.6 Å². The van der Waals surface area contributed by atoms with Crippen LogP contribution in [0.3, 0.4) is 0 Å². The molecule has 1 saturated heterocycles. The molecule has 0 unspecified atom stereocenters. The topological polar surface area (TPSA) is 55.0 Å². The van der Waals surface area contributed by atoms with E-state index in [1.54, 1.807) is 12.5 Å². The SMILES string of the molecule is CCCC1CCN(c2ncncc2N)CC1. The van der Waals surface area contributed by atoms with Crippen molar-refractivity contribution in [3.63, 3.8) is 0 Å². The van der Waals surface area contributed by atoms with Crippen molar-refractivity contribution >= 4 is 11.5 Å². The molecule has 2 rings (SSSR count). The van der Waals surface area contributed by atoms with E-state index < -0.39 is 0 Å². The fourth-order valence-electron chi connectivity index (χ4n) is 2.44. The van der Waals surface area contributed by atoms with Crippen LogP contribution in [0, 0.1) is 5.92 Å². The van der Waals surface area contributed by atoms with E-state index in [4.69, 9.17) is 5.73 Å². The molecule has 1 aliphatic heterocycles. The molecule has 2 heterocycles. The molecule has 0 bridgehead atoms. The van der Waals surface area contributed by atoms with Gasteiger partial charge < -0.3 is 10.6 Å². The number of nitrogens with two attached hydrogens (primary N) is 1. The van der Waals surface area contributed by atoms with Crippen LogP contribution in [-0.4, -0.2) is 23.1 Å². The molecule has 1 aromatic rings. The third-order valence-electron chi connectivity index (χ3n) is 3.33. The molecule has 16 heavy (non-hydrogen) atoms. The smallest absolute Gasteiger partial charge is 0.155 e. The lowest BCUT2D eigenvalue weighted by molar-refractivity contribution is 0.377. The van der Waals surface area contributed by atoms with E-state index in [2.05, 4.69) is 21.8 Å². The van der Waals surface area contributed by atoms with Crippen LogP contribution in [-0.2, 0) is 0 Å². The van der Waals surface area contributed by atoms with E-state index in [0.717, 1.165) is 24.8 Å². The van der Waals surface area contributed by atoms with Gasteiger partial charge in [0.1, 0.15) is 6.33 Å². The highest BCUT2D eigenvalue weighted by molar-refractivity contribution is 5.60. The zero-order chi connectivity index (χ0) is 11.4. The molecule has 1 fully saturated rings. The number of piperidine rings is 1. The van der Waals surface area contributed by atoms with Gasteiger partial charge in [0.25, 0.3) is 0 Å². The first-order valence-corrected chi connectivity index (χ1v) is 6.11. The largest absolute Gasteiger partial charge is 0.394 e. The van der Waals surface area contributed by atoms with E-state index in [0.29, 0.717) is 5.69 Å². The summed E-state index contributed by atoms with van der Waals surface area (Å²) in [6.45, 7) is 4.41. The van der Waals surface area contributed by atoms with Gasteiger partial charge in [-0.1, -0.05) is 19.8 Å². The average Bonchev–Trinajstić information content (AvgIpc) is 2.31. The van der Waals surface area contributed by atoms with E-state index in [1.165, 1.54) is 25.7 Å². The minimum absolute atomic E-state index is 0.691. The summed E-state index contributed by atoms with van der Waals surface area (Å²) in [4.78, 5) is 10.5. The summed E-state index contributed by atoms with van der Waals surface area (Å²) in [5.41, 5.74) is 6.57. The summed E-state index contributed by atoms with van der Waals surface area (Å²) >= 11 is 0. The van der Waals surface area contributed by atoms with Crippen molar-refractivity contribution in [2.24, 2.45) is 5.92 Å². The summed E-state index contributed by atoms with van der Waals surface area (Å²) in [5.74, 6) is 1.80. The molecular formula is C12H20N4. The van der Waals surface area contributed by atoms with Gasteiger partial charge in [-0.25, -0.2) is 9.97 Å². The fraction of sp³-hybridized carbons (Fsp3) is 0.667. The van der Waals surface area contributed by atoms with E-state index in [1.807, 2.05) is 0 Å². The second-order valence-electron chi connectivity index (χ2n) is 4.52. The van der Waals surface area contributed by atoms with Crippen molar-refractivity contribution in [2.75, 3.05) is 23.7 Å². The van der Waals surface area contributed by atoms with Crippen LogP contribution in [0.15, 0.2) is 12.5 Å². The van der Waals surface area contributed by atoms with Crippen molar-refractivity contribution in [3.05, 3.63) is 12.5 Å². The molecule has 0 atom stereocenters. The lowest BCUT2D eigenvalue weighted by Crippen LogP contribution is -2.34. The molecule has 2 N–H and O–H groups in total. The molecule has 88 valence electrons. The Morgan fingerprint density at radius 2 is 2.19 bits per heavy atom. The fourth-order valence-corrected chi connectivity index (χ4v) is 2.44. The average molecular weight is 220 g/mol. The third-order valence-corrected chi connectivity index (χ3v) is 3.33. The molecule has 4 heteroatoms. The molecule has 1 aromatic heterocycles. The molecule has 1 aliphatic rings. The van der Waals surface area contributed by atoms with Gasteiger partial charge >= 0.3 is 0 Å². The number of anilines is 2. The van der Waals surface area contributed by atoms with Crippen molar-refractivity contribution in [3.8, 4) is 0 Å². The van der Waals surface area contributed by atoms with Gasteiger partial charge in [-0.05, 0) is 18.8 Å². The minimum Gasteiger partial charge on any atom is -0.394 e.